The van der Waals surface area contributed by atoms with Gasteiger partial charge in [0.2, 0.25) is 5.91 Å². The number of likely N-dealkylation sites (tertiary alicyclic amines) is 1. The molecule has 1 aromatic heterocycles. The van der Waals surface area contributed by atoms with Crippen LogP contribution in [0.1, 0.15) is 75.8 Å². The fourth-order valence-electron chi connectivity index (χ4n) is 5.86. The van der Waals surface area contributed by atoms with Gasteiger partial charge in [0.25, 0.3) is 0 Å². The van der Waals surface area contributed by atoms with Gasteiger partial charge < -0.3 is 20.3 Å². The van der Waals surface area contributed by atoms with Crippen LogP contribution in [0.4, 0.5) is 0 Å². The smallest absolute Gasteiger partial charge is 0.220 e. The summed E-state index contributed by atoms with van der Waals surface area (Å²) in [5.74, 6) is 0.516. The van der Waals surface area contributed by atoms with Crippen molar-refractivity contribution >= 4 is 16.8 Å². The zero-order valence-corrected chi connectivity index (χ0v) is 21.9. The fourth-order valence-corrected chi connectivity index (χ4v) is 5.86. The molecule has 1 aliphatic heterocycles. The summed E-state index contributed by atoms with van der Waals surface area (Å²) in [4.78, 5) is 18.2. The maximum Gasteiger partial charge on any atom is 0.220 e. The predicted octanol–water partition coefficient (Wildman–Crippen LogP) is 6.32. The van der Waals surface area contributed by atoms with Crippen LogP contribution in [0.3, 0.4) is 0 Å². The van der Waals surface area contributed by atoms with Gasteiger partial charge in [-0.2, -0.15) is 0 Å². The van der Waals surface area contributed by atoms with Gasteiger partial charge in [-0.1, -0.05) is 56.5 Å². The summed E-state index contributed by atoms with van der Waals surface area (Å²) in [6, 6.07) is 16.2. The Labute approximate surface area is 216 Å². The Balaban J connectivity index is 1.12. The summed E-state index contributed by atoms with van der Waals surface area (Å²) in [6.45, 7) is 6.42. The number of nitrogens with zero attached hydrogens (tertiary/aromatic N) is 1. The number of rotatable bonds is 12. The van der Waals surface area contributed by atoms with E-state index in [1.807, 2.05) is 18.2 Å². The molecule has 1 fully saturated rings. The molecule has 2 aromatic carbocycles. The molecular formula is C31H43N3O2. The summed E-state index contributed by atoms with van der Waals surface area (Å²) in [7, 11) is 0. The standard InChI is InChI=1S/C31H43N3O2/c1-2-31(26-14-16-27(35)17-15-26)19-8-10-22-34(24-31)21-9-4-3-5-13-30(36)32-20-18-25-23-33-29-12-7-6-11-28(25)29/h6-7,11-12,14-17,23,33,35H,2-5,8-10,13,18-22,24H2,1H3,(H,32,36)/t31-/m1/s1. The van der Waals surface area contributed by atoms with E-state index < -0.39 is 0 Å². The van der Waals surface area contributed by atoms with Crippen LogP contribution in [0.2, 0.25) is 0 Å². The average molecular weight is 490 g/mol. The second-order valence-corrected chi connectivity index (χ2v) is 10.5. The van der Waals surface area contributed by atoms with Crippen molar-refractivity contribution in [1.82, 2.24) is 15.2 Å². The average Bonchev–Trinajstić information content (AvgIpc) is 3.18. The van der Waals surface area contributed by atoms with Gasteiger partial charge in [-0.15, -0.1) is 0 Å². The third-order valence-corrected chi connectivity index (χ3v) is 8.08. The molecule has 0 spiro atoms. The lowest BCUT2D eigenvalue weighted by Crippen LogP contribution is -2.39. The van der Waals surface area contributed by atoms with Crippen LogP contribution in [-0.2, 0) is 16.6 Å². The Morgan fingerprint density at radius 2 is 1.86 bits per heavy atom. The quantitative estimate of drug-likeness (QED) is 0.261. The first kappa shape index (κ1) is 26.3. The molecule has 0 aliphatic carbocycles. The van der Waals surface area contributed by atoms with E-state index in [0.717, 1.165) is 44.3 Å². The Hall–Kier alpha value is -2.79. The molecule has 1 aliphatic rings. The molecule has 3 N–H and O–H groups in total. The number of nitrogens with one attached hydrogen (secondary N) is 2. The van der Waals surface area contributed by atoms with E-state index in [0.29, 0.717) is 18.7 Å². The van der Waals surface area contributed by atoms with E-state index in [1.165, 1.54) is 55.2 Å². The summed E-state index contributed by atoms with van der Waals surface area (Å²) in [5.41, 5.74) is 3.97. The van der Waals surface area contributed by atoms with Gasteiger partial charge in [-0.25, -0.2) is 0 Å². The molecule has 0 bridgehead atoms. The Bertz CT molecular complexity index is 1090. The lowest BCUT2D eigenvalue weighted by molar-refractivity contribution is -0.121. The number of hydrogen-bond acceptors (Lipinski definition) is 3. The number of H-pyrrole nitrogens is 1. The molecule has 5 nitrogen and oxygen atoms in total. The number of carbonyl (C=O) groups excluding carboxylic acids is 1. The van der Waals surface area contributed by atoms with E-state index in [4.69, 9.17) is 0 Å². The molecule has 1 amide bonds. The number of aromatic hydroxyl groups is 1. The number of aromatic nitrogens is 1. The summed E-state index contributed by atoms with van der Waals surface area (Å²) in [5, 5.41) is 14.1. The van der Waals surface area contributed by atoms with Gasteiger partial charge >= 0.3 is 0 Å². The number of unbranched alkanes of at least 4 members (excludes halogenated alkanes) is 3. The van der Waals surface area contributed by atoms with E-state index >= 15 is 0 Å². The predicted molar refractivity (Wildman–Crippen MR) is 148 cm³/mol. The van der Waals surface area contributed by atoms with Crippen LogP contribution < -0.4 is 5.32 Å². The van der Waals surface area contributed by atoms with Crippen molar-refractivity contribution in [1.29, 1.82) is 0 Å². The number of phenols is 1. The first-order valence-electron chi connectivity index (χ1n) is 13.9. The highest BCUT2D eigenvalue weighted by atomic mass is 16.3. The second-order valence-electron chi connectivity index (χ2n) is 10.5. The largest absolute Gasteiger partial charge is 0.508 e. The number of benzene rings is 2. The van der Waals surface area contributed by atoms with Gasteiger partial charge in [-0.3, -0.25) is 4.79 Å². The molecule has 0 saturated carbocycles. The van der Waals surface area contributed by atoms with Crippen LogP contribution in [0.15, 0.2) is 54.7 Å². The zero-order valence-electron chi connectivity index (χ0n) is 21.9. The molecule has 1 atom stereocenters. The molecule has 0 unspecified atom stereocenters. The van der Waals surface area contributed by atoms with Crippen LogP contribution in [0.25, 0.3) is 10.9 Å². The van der Waals surface area contributed by atoms with E-state index in [2.05, 4.69) is 58.7 Å². The van der Waals surface area contributed by atoms with Crippen molar-refractivity contribution in [2.24, 2.45) is 0 Å². The second kappa shape index (κ2) is 13.0. The molecule has 36 heavy (non-hydrogen) atoms. The van der Waals surface area contributed by atoms with Gasteiger partial charge in [-0.05, 0) is 80.9 Å². The van der Waals surface area contributed by atoms with Crippen molar-refractivity contribution < 1.29 is 9.90 Å². The van der Waals surface area contributed by atoms with Crippen LogP contribution in [0.5, 0.6) is 5.75 Å². The number of fused-ring (bicyclic) bond motifs is 1. The summed E-state index contributed by atoms with van der Waals surface area (Å²) in [6.07, 6.45) is 12.9. The van der Waals surface area contributed by atoms with Gasteiger partial charge in [0.1, 0.15) is 5.75 Å². The number of phenolic OH excluding ortho intramolecular Hbond substituents is 1. The first-order chi connectivity index (χ1) is 17.6. The highest BCUT2D eigenvalue weighted by Crippen LogP contribution is 2.37. The zero-order chi connectivity index (χ0) is 25.2. The third-order valence-electron chi connectivity index (χ3n) is 8.08. The van der Waals surface area contributed by atoms with Gasteiger partial charge in [0.05, 0.1) is 0 Å². The maximum atomic E-state index is 12.3. The normalized spacial score (nSPS) is 18.8. The number of amides is 1. The number of hydrogen-bond donors (Lipinski definition) is 3. The van der Waals surface area contributed by atoms with E-state index in [-0.39, 0.29) is 11.3 Å². The molecule has 3 aromatic rings. The minimum atomic E-state index is 0.170. The Kier molecular flexibility index (Phi) is 9.46. The Morgan fingerprint density at radius 1 is 1.06 bits per heavy atom. The summed E-state index contributed by atoms with van der Waals surface area (Å²) < 4.78 is 0. The Morgan fingerprint density at radius 3 is 2.69 bits per heavy atom. The third kappa shape index (κ3) is 6.91. The monoisotopic (exact) mass is 489 g/mol. The molecule has 194 valence electrons. The molecule has 0 radical (unpaired) electrons. The molecular weight excluding hydrogens is 446 g/mol. The minimum Gasteiger partial charge on any atom is -0.508 e. The van der Waals surface area contributed by atoms with Gasteiger partial charge in [0, 0.05) is 42.0 Å². The number of aromatic amines is 1. The SMILES string of the molecule is CC[C@@]1(c2ccc(O)cc2)CCCCN(CCCCCCC(=O)NCCc2c[nH]c3ccccc23)C1. The lowest BCUT2D eigenvalue weighted by Gasteiger charge is -2.36. The molecule has 5 heteroatoms. The van der Waals surface area contributed by atoms with Crippen molar-refractivity contribution in [3.05, 3.63) is 65.9 Å². The topological polar surface area (TPSA) is 68.4 Å². The minimum absolute atomic E-state index is 0.170. The van der Waals surface area contributed by atoms with Crippen molar-refractivity contribution in [3.63, 3.8) is 0 Å². The fraction of sp³-hybridized carbons (Fsp3) is 0.516. The van der Waals surface area contributed by atoms with Crippen molar-refractivity contribution in [3.8, 4) is 5.75 Å². The van der Waals surface area contributed by atoms with E-state index in [9.17, 15) is 9.90 Å². The summed E-state index contributed by atoms with van der Waals surface area (Å²) >= 11 is 0. The van der Waals surface area contributed by atoms with Crippen LogP contribution >= 0.6 is 0 Å². The van der Waals surface area contributed by atoms with Crippen molar-refractivity contribution in [2.75, 3.05) is 26.2 Å². The van der Waals surface area contributed by atoms with Crippen LogP contribution in [-0.4, -0.2) is 47.1 Å². The van der Waals surface area contributed by atoms with E-state index in [1.54, 1.807) is 0 Å². The lowest BCUT2D eigenvalue weighted by atomic mass is 9.74. The number of carbonyl (C=O) groups is 1. The molecule has 4 rings (SSSR count). The maximum absolute atomic E-state index is 12.3. The highest BCUT2D eigenvalue weighted by molar-refractivity contribution is 5.83. The highest BCUT2D eigenvalue weighted by Gasteiger charge is 2.33. The molecule has 1 saturated heterocycles. The van der Waals surface area contributed by atoms with Crippen molar-refractivity contribution in [2.45, 2.75) is 76.5 Å². The number of para-hydroxylation sites is 1. The first-order valence-corrected chi connectivity index (χ1v) is 13.9. The van der Waals surface area contributed by atoms with Crippen LogP contribution in [0, 0.1) is 0 Å². The molecule has 2 heterocycles. The van der Waals surface area contributed by atoms with Gasteiger partial charge in [0.15, 0.2) is 0 Å².